The van der Waals surface area contributed by atoms with E-state index >= 15 is 0 Å². The van der Waals surface area contributed by atoms with Crippen molar-refractivity contribution in [2.45, 2.75) is 38.9 Å². The lowest BCUT2D eigenvalue weighted by Gasteiger charge is -2.24. The van der Waals surface area contributed by atoms with Gasteiger partial charge >= 0.3 is 0 Å². The molecule has 1 unspecified atom stereocenters. The first-order valence-electron chi connectivity index (χ1n) is 3.39. The zero-order chi connectivity index (χ0) is 8.36. The van der Waals surface area contributed by atoms with Gasteiger partial charge in [-0.2, -0.15) is 0 Å². The molecule has 0 rings (SSSR count). The second kappa shape index (κ2) is 3.17. The van der Waals surface area contributed by atoms with Crippen molar-refractivity contribution >= 4 is 0 Å². The highest BCUT2D eigenvalue weighted by Crippen LogP contribution is 2.14. The summed E-state index contributed by atoms with van der Waals surface area (Å²) in [6.07, 6.45) is -0.242. The van der Waals surface area contributed by atoms with Gasteiger partial charge in [0.15, 0.2) is 0 Å². The molecule has 2 heteroatoms. The quantitative estimate of drug-likeness (QED) is 0.582. The summed E-state index contributed by atoms with van der Waals surface area (Å²) in [5.41, 5.74) is -0.131. The largest absolute Gasteiger partial charge is 0.390 e. The van der Waals surface area contributed by atoms with Gasteiger partial charge in [0, 0.05) is 0 Å². The smallest absolute Gasteiger partial charge is 0.0858 e. The Balaban J connectivity index is 3.85. The number of hydrogen-bond donors (Lipinski definition) is 2. The summed E-state index contributed by atoms with van der Waals surface area (Å²) in [6, 6.07) is 0. The number of aliphatic hydroxyl groups excluding tert-OH is 1. The van der Waals surface area contributed by atoms with Crippen molar-refractivity contribution in [1.82, 2.24) is 0 Å². The molecule has 0 aromatic rings. The van der Waals surface area contributed by atoms with Gasteiger partial charge in [-0.15, -0.1) is 6.58 Å². The van der Waals surface area contributed by atoms with Crippen LogP contribution in [-0.2, 0) is 0 Å². The third-order valence-electron chi connectivity index (χ3n) is 1.36. The highest BCUT2D eigenvalue weighted by molar-refractivity contribution is 4.94. The fraction of sp³-hybridized carbons (Fsp3) is 0.750. The standard InChI is InChI=1S/C8H16O2/c1-6(2)5-7(9)8(3,4)10/h7,9-10H,1,5H2,2-4H3. The molecule has 0 heterocycles. The topological polar surface area (TPSA) is 40.5 Å². The molecule has 0 radical (unpaired) electrons. The average Bonchev–Trinajstić information content (AvgIpc) is 1.60. The molecule has 0 amide bonds. The zero-order valence-corrected chi connectivity index (χ0v) is 6.89. The Labute approximate surface area is 62.2 Å². The van der Waals surface area contributed by atoms with Crippen LogP contribution in [0.5, 0.6) is 0 Å². The van der Waals surface area contributed by atoms with E-state index in [-0.39, 0.29) is 0 Å². The van der Waals surface area contributed by atoms with E-state index in [1.54, 1.807) is 13.8 Å². The molecular formula is C8H16O2. The Hall–Kier alpha value is -0.340. The average molecular weight is 144 g/mol. The second-order valence-corrected chi connectivity index (χ2v) is 3.33. The van der Waals surface area contributed by atoms with Crippen LogP contribution in [0.2, 0.25) is 0 Å². The molecule has 0 spiro atoms. The highest BCUT2D eigenvalue weighted by atomic mass is 16.3. The van der Waals surface area contributed by atoms with E-state index in [9.17, 15) is 10.2 Å². The van der Waals surface area contributed by atoms with Crippen LogP contribution in [0.4, 0.5) is 0 Å². The van der Waals surface area contributed by atoms with Crippen molar-refractivity contribution in [3.05, 3.63) is 12.2 Å². The Morgan fingerprint density at radius 2 is 2.00 bits per heavy atom. The maximum absolute atomic E-state index is 9.25. The van der Waals surface area contributed by atoms with Gasteiger partial charge in [-0.1, -0.05) is 5.57 Å². The molecule has 0 aromatic carbocycles. The lowest BCUT2D eigenvalue weighted by Crippen LogP contribution is -2.35. The number of rotatable bonds is 3. The molecule has 0 fully saturated rings. The second-order valence-electron chi connectivity index (χ2n) is 3.33. The molecule has 60 valence electrons. The van der Waals surface area contributed by atoms with Crippen molar-refractivity contribution in [2.75, 3.05) is 0 Å². The third kappa shape index (κ3) is 3.64. The molecule has 0 aliphatic rings. The predicted molar refractivity (Wildman–Crippen MR) is 41.7 cm³/mol. The van der Waals surface area contributed by atoms with Crippen LogP contribution in [0.3, 0.4) is 0 Å². The van der Waals surface area contributed by atoms with Gasteiger partial charge in [0.1, 0.15) is 0 Å². The summed E-state index contributed by atoms with van der Waals surface area (Å²) in [5, 5.41) is 18.5. The van der Waals surface area contributed by atoms with E-state index in [0.29, 0.717) is 6.42 Å². The molecule has 0 saturated carbocycles. The van der Waals surface area contributed by atoms with E-state index in [1.807, 2.05) is 6.92 Å². The van der Waals surface area contributed by atoms with Gasteiger partial charge in [0.25, 0.3) is 0 Å². The Morgan fingerprint density at radius 1 is 1.60 bits per heavy atom. The van der Waals surface area contributed by atoms with E-state index in [1.165, 1.54) is 0 Å². The predicted octanol–water partition coefficient (Wildman–Crippen LogP) is 1.08. The summed E-state index contributed by atoms with van der Waals surface area (Å²) in [7, 11) is 0. The molecule has 0 aliphatic heterocycles. The molecule has 0 bridgehead atoms. The first-order chi connectivity index (χ1) is 4.34. The molecular weight excluding hydrogens is 128 g/mol. The van der Waals surface area contributed by atoms with Crippen LogP contribution < -0.4 is 0 Å². The van der Waals surface area contributed by atoms with Gasteiger partial charge in [-0.25, -0.2) is 0 Å². The van der Waals surface area contributed by atoms with Gasteiger partial charge in [0.2, 0.25) is 0 Å². The third-order valence-corrected chi connectivity index (χ3v) is 1.36. The summed E-state index contributed by atoms with van der Waals surface area (Å²) in [4.78, 5) is 0. The summed E-state index contributed by atoms with van der Waals surface area (Å²) in [6.45, 7) is 8.63. The van der Waals surface area contributed by atoms with E-state index < -0.39 is 11.7 Å². The number of hydrogen-bond acceptors (Lipinski definition) is 2. The number of aliphatic hydroxyl groups is 2. The Bertz CT molecular complexity index is 122. The minimum atomic E-state index is -1.01. The van der Waals surface area contributed by atoms with Crippen LogP contribution >= 0.6 is 0 Å². The molecule has 0 aliphatic carbocycles. The molecule has 1 atom stereocenters. The van der Waals surface area contributed by atoms with Crippen molar-refractivity contribution in [3.8, 4) is 0 Å². The highest BCUT2D eigenvalue weighted by Gasteiger charge is 2.23. The molecule has 2 N–H and O–H groups in total. The van der Waals surface area contributed by atoms with E-state index in [4.69, 9.17) is 0 Å². The Morgan fingerprint density at radius 3 is 2.10 bits per heavy atom. The van der Waals surface area contributed by atoms with Crippen molar-refractivity contribution in [2.24, 2.45) is 0 Å². The summed E-state index contributed by atoms with van der Waals surface area (Å²) < 4.78 is 0. The molecule has 0 saturated heterocycles. The maximum atomic E-state index is 9.25. The van der Waals surface area contributed by atoms with Gasteiger partial charge in [0.05, 0.1) is 11.7 Å². The maximum Gasteiger partial charge on any atom is 0.0858 e. The zero-order valence-electron chi connectivity index (χ0n) is 6.89. The van der Waals surface area contributed by atoms with Crippen LogP contribution in [0.1, 0.15) is 27.2 Å². The minimum Gasteiger partial charge on any atom is -0.390 e. The SMILES string of the molecule is C=C(C)CC(O)C(C)(C)O. The van der Waals surface area contributed by atoms with Crippen molar-refractivity contribution in [3.63, 3.8) is 0 Å². The first kappa shape index (κ1) is 9.66. The van der Waals surface area contributed by atoms with Gasteiger partial charge < -0.3 is 10.2 Å². The lowest BCUT2D eigenvalue weighted by molar-refractivity contribution is -0.0468. The molecule has 0 aromatic heterocycles. The van der Waals surface area contributed by atoms with Crippen LogP contribution in [0, 0.1) is 0 Å². The van der Waals surface area contributed by atoms with Gasteiger partial charge in [-0.05, 0) is 27.2 Å². The van der Waals surface area contributed by atoms with E-state index in [2.05, 4.69) is 6.58 Å². The van der Waals surface area contributed by atoms with Crippen molar-refractivity contribution < 1.29 is 10.2 Å². The molecule has 2 nitrogen and oxygen atoms in total. The summed E-state index contributed by atoms with van der Waals surface area (Å²) in [5.74, 6) is 0. The van der Waals surface area contributed by atoms with Gasteiger partial charge in [-0.3, -0.25) is 0 Å². The fourth-order valence-electron chi connectivity index (χ4n) is 0.580. The summed E-state index contributed by atoms with van der Waals surface area (Å²) >= 11 is 0. The lowest BCUT2D eigenvalue weighted by atomic mass is 9.96. The van der Waals surface area contributed by atoms with Crippen molar-refractivity contribution in [1.29, 1.82) is 0 Å². The molecule has 10 heavy (non-hydrogen) atoms. The Kier molecular flexibility index (Phi) is 3.06. The fourth-order valence-corrected chi connectivity index (χ4v) is 0.580. The van der Waals surface area contributed by atoms with Crippen LogP contribution in [-0.4, -0.2) is 21.9 Å². The normalized spacial score (nSPS) is 14.9. The minimum absolute atomic E-state index is 0.462. The van der Waals surface area contributed by atoms with E-state index in [0.717, 1.165) is 5.57 Å². The first-order valence-corrected chi connectivity index (χ1v) is 3.39. The van der Waals surface area contributed by atoms with Crippen LogP contribution in [0.25, 0.3) is 0 Å². The monoisotopic (exact) mass is 144 g/mol. The van der Waals surface area contributed by atoms with Crippen LogP contribution in [0.15, 0.2) is 12.2 Å².